The minimum Gasteiger partial charge on any atom is -0.309 e. The normalized spacial score (nSPS) is 14.5. The Labute approximate surface area is 375 Å². The SMILES string of the molecule is c1ccc2c(c1)-c1ccccc1C21c2ccccc2-c2c(N(c3ccc4c(c3)sc3ccccc34)c3cccc4c3-c3ccccc3C43c4ccccc4-c4ccccc43)cccc21. The molecule has 0 bridgehead atoms. The van der Waals surface area contributed by atoms with Crippen LogP contribution in [-0.4, -0.2) is 0 Å². The Morgan fingerprint density at radius 3 is 1.11 bits per heavy atom. The van der Waals surface area contributed by atoms with E-state index in [0.717, 1.165) is 5.69 Å². The number of benzene rings is 10. The number of hydrogen-bond donors (Lipinski definition) is 0. The monoisotopic (exact) mass is 827 g/mol. The van der Waals surface area contributed by atoms with Gasteiger partial charge in [-0.1, -0.05) is 194 Å². The summed E-state index contributed by atoms with van der Waals surface area (Å²) in [6, 6.07) is 85.2. The van der Waals surface area contributed by atoms with E-state index >= 15 is 0 Å². The average Bonchev–Trinajstić information content (AvgIpc) is 4.13. The number of anilines is 3. The number of fused-ring (bicyclic) bond motifs is 23. The summed E-state index contributed by atoms with van der Waals surface area (Å²) < 4.78 is 2.60. The molecule has 0 amide bonds. The fourth-order valence-corrected chi connectivity index (χ4v) is 14.0. The van der Waals surface area contributed by atoms with Gasteiger partial charge in [-0.05, 0) is 108 Å². The molecule has 4 aliphatic rings. The lowest BCUT2D eigenvalue weighted by atomic mass is 9.70. The Morgan fingerprint density at radius 1 is 0.281 bits per heavy atom. The Balaban J connectivity index is 1.07. The fraction of sp³-hybridized carbons (Fsp3) is 0.0323. The molecular formula is C62H37NS. The molecule has 0 unspecified atom stereocenters. The molecule has 0 atom stereocenters. The van der Waals surface area contributed by atoms with Crippen LogP contribution in [0.5, 0.6) is 0 Å². The Bertz CT molecular complexity index is 3540. The average molecular weight is 828 g/mol. The minimum atomic E-state index is -0.456. The molecule has 0 N–H and O–H groups in total. The van der Waals surface area contributed by atoms with Gasteiger partial charge in [0, 0.05) is 37.0 Å². The van der Waals surface area contributed by atoms with Gasteiger partial charge in [0.05, 0.1) is 22.2 Å². The summed E-state index contributed by atoms with van der Waals surface area (Å²) in [6.45, 7) is 0. The summed E-state index contributed by atoms with van der Waals surface area (Å²) in [6.07, 6.45) is 0. The summed E-state index contributed by atoms with van der Waals surface area (Å²) in [5.41, 5.74) is 23.8. The molecule has 64 heavy (non-hydrogen) atoms. The van der Waals surface area contributed by atoms with Gasteiger partial charge < -0.3 is 4.90 Å². The molecular weight excluding hydrogens is 791 g/mol. The van der Waals surface area contributed by atoms with E-state index in [4.69, 9.17) is 0 Å². The van der Waals surface area contributed by atoms with Gasteiger partial charge in [-0.3, -0.25) is 0 Å². The summed E-state index contributed by atoms with van der Waals surface area (Å²) >= 11 is 1.88. The molecule has 0 saturated carbocycles. The predicted octanol–water partition coefficient (Wildman–Crippen LogP) is 16.2. The van der Waals surface area contributed by atoms with Crippen LogP contribution in [0.25, 0.3) is 64.7 Å². The second-order valence-corrected chi connectivity index (χ2v) is 18.9. The lowest BCUT2D eigenvalue weighted by Gasteiger charge is -2.33. The van der Waals surface area contributed by atoms with Gasteiger partial charge in [-0.15, -0.1) is 11.3 Å². The molecule has 0 fully saturated rings. The minimum absolute atomic E-state index is 0.456. The van der Waals surface area contributed by atoms with Crippen LogP contribution in [0.2, 0.25) is 0 Å². The third kappa shape index (κ3) is 4.07. The van der Waals surface area contributed by atoms with E-state index in [1.54, 1.807) is 0 Å². The van der Waals surface area contributed by atoms with Crippen molar-refractivity contribution in [2.75, 3.05) is 4.90 Å². The van der Waals surface area contributed by atoms with Crippen LogP contribution in [0.15, 0.2) is 224 Å². The quantitative estimate of drug-likeness (QED) is 0.171. The topological polar surface area (TPSA) is 3.24 Å². The van der Waals surface area contributed by atoms with Crippen LogP contribution < -0.4 is 4.90 Å². The van der Waals surface area contributed by atoms with Gasteiger partial charge in [0.1, 0.15) is 0 Å². The molecule has 1 aromatic heterocycles. The molecule has 15 rings (SSSR count). The van der Waals surface area contributed by atoms with E-state index in [1.165, 1.54) is 121 Å². The summed E-state index contributed by atoms with van der Waals surface area (Å²) in [5.74, 6) is 0. The third-order valence-corrected chi connectivity index (χ3v) is 16.2. The van der Waals surface area contributed by atoms with E-state index in [2.05, 4.69) is 229 Å². The molecule has 2 spiro atoms. The van der Waals surface area contributed by atoms with Crippen molar-refractivity contribution in [3.8, 4) is 44.5 Å². The Morgan fingerprint density at radius 2 is 0.641 bits per heavy atom. The molecule has 11 aromatic rings. The zero-order valence-electron chi connectivity index (χ0n) is 34.7. The van der Waals surface area contributed by atoms with Gasteiger partial charge in [0.15, 0.2) is 0 Å². The van der Waals surface area contributed by atoms with E-state index in [0.29, 0.717) is 0 Å². The maximum Gasteiger partial charge on any atom is 0.0726 e. The van der Waals surface area contributed by atoms with Gasteiger partial charge in [0.25, 0.3) is 0 Å². The smallest absolute Gasteiger partial charge is 0.0726 e. The highest BCUT2D eigenvalue weighted by molar-refractivity contribution is 7.25. The third-order valence-electron chi connectivity index (χ3n) is 15.1. The second-order valence-electron chi connectivity index (χ2n) is 17.8. The van der Waals surface area contributed by atoms with Crippen molar-refractivity contribution in [1.29, 1.82) is 0 Å². The standard InChI is InChI=1S/C62H37NS/c1-8-24-47-39(17-1)40-18-2-9-25-48(40)61(47)51-28-12-5-22-45(51)59-53(61)30-15-32-55(59)63(38-35-36-44-43-21-7-14-34-57(43)64-58(44)37-38)56-33-16-31-54-60(56)46-23-6-13-29-52(46)62(54)49-26-10-3-19-41(49)42-20-4-11-27-50(42)62/h1-37H. The first kappa shape index (κ1) is 34.8. The maximum atomic E-state index is 2.62. The fourth-order valence-electron chi connectivity index (χ4n) is 12.9. The van der Waals surface area contributed by atoms with Crippen LogP contribution >= 0.6 is 11.3 Å². The van der Waals surface area contributed by atoms with Crippen molar-refractivity contribution in [1.82, 2.24) is 0 Å². The zero-order chi connectivity index (χ0) is 41.7. The van der Waals surface area contributed by atoms with Crippen LogP contribution in [0, 0.1) is 0 Å². The highest BCUT2D eigenvalue weighted by atomic mass is 32.1. The van der Waals surface area contributed by atoms with Crippen LogP contribution in [0.4, 0.5) is 17.1 Å². The number of thiophene rings is 1. The van der Waals surface area contributed by atoms with Crippen molar-refractivity contribution in [2.45, 2.75) is 10.8 Å². The van der Waals surface area contributed by atoms with E-state index in [9.17, 15) is 0 Å². The van der Waals surface area contributed by atoms with Gasteiger partial charge >= 0.3 is 0 Å². The van der Waals surface area contributed by atoms with Crippen LogP contribution in [0.3, 0.4) is 0 Å². The molecule has 0 saturated heterocycles. The van der Waals surface area contributed by atoms with E-state index in [1.807, 2.05) is 11.3 Å². The zero-order valence-corrected chi connectivity index (χ0v) is 35.5. The molecule has 10 aromatic carbocycles. The molecule has 1 nitrogen and oxygen atoms in total. The van der Waals surface area contributed by atoms with Crippen molar-refractivity contribution >= 4 is 48.6 Å². The van der Waals surface area contributed by atoms with Gasteiger partial charge in [0.2, 0.25) is 0 Å². The highest BCUT2D eigenvalue weighted by Gasteiger charge is 2.54. The van der Waals surface area contributed by atoms with E-state index in [-0.39, 0.29) is 0 Å². The van der Waals surface area contributed by atoms with Gasteiger partial charge in [-0.25, -0.2) is 0 Å². The molecule has 2 heteroatoms. The maximum absolute atomic E-state index is 2.62. The largest absolute Gasteiger partial charge is 0.309 e. The second kappa shape index (κ2) is 12.4. The van der Waals surface area contributed by atoms with Crippen molar-refractivity contribution < 1.29 is 0 Å². The molecule has 0 radical (unpaired) electrons. The van der Waals surface area contributed by atoms with Crippen LogP contribution in [0.1, 0.15) is 44.5 Å². The molecule has 4 aliphatic carbocycles. The van der Waals surface area contributed by atoms with Gasteiger partial charge in [-0.2, -0.15) is 0 Å². The summed E-state index contributed by atoms with van der Waals surface area (Å²) in [7, 11) is 0. The summed E-state index contributed by atoms with van der Waals surface area (Å²) in [5, 5.41) is 2.61. The van der Waals surface area contributed by atoms with Crippen molar-refractivity contribution in [3.05, 3.63) is 269 Å². The van der Waals surface area contributed by atoms with E-state index < -0.39 is 10.8 Å². The lowest BCUT2D eigenvalue weighted by Crippen LogP contribution is -2.26. The summed E-state index contributed by atoms with van der Waals surface area (Å²) in [4.78, 5) is 2.62. The predicted molar refractivity (Wildman–Crippen MR) is 267 cm³/mol. The molecule has 296 valence electrons. The highest BCUT2D eigenvalue weighted by Crippen LogP contribution is 2.67. The molecule has 0 aliphatic heterocycles. The number of rotatable bonds is 3. The van der Waals surface area contributed by atoms with Crippen molar-refractivity contribution in [2.24, 2.45) is 0 Å². The molecule has 1 heterocycles. The van der Waals surface area contributed by atoms with Crippen LogP contribution in [-0.2, 0) is 10.8 Å². The first-order valence-electron chi connectivity index (χ1n) is 22.3. The number of nitrogens with zero attached hydrogens (tertiary/aromatic N) is 1. The number of hydrogen-bond acceptors (Lipinski definition) is 2. The van der Waals surface area contributed by atoms with Crippen molar-refractivity contribution in [3.63, 3.8) is 0 Å². The first-order valence-corrected chi connectivity index (χ1v) is 23.2. The lowest BCUT2D eigenvalue weighted by molar-refractivity contribution is 0.793. The Kier molecular flexibility index (Phi) is 6.76. The Hall–Kier alpha value is -7.78. The first-order chi connectivity index (χ1) is 31.8.